The van der Waals surface area contributed by atoms with Crippen LogP contribution in [0.2, 0.25) is 0 Å². The van der Waals surface area contributed by atoms with Crippen LogP contribution in [0.4, 0.5) is 0 Å². The summed E-state index contributed by atoms with van der Waals surface area (Å²) in [5.41, 5.74) is 0.635. The summed E-state index contributed by atoms with van der Waals surface area (Å²) in [6.07, 6.45) is 1.12. The van der Waals surface area contributed by atoms with Crippen LogP contribution in [0.25, 0.3) is 11.0 Å². The smallest absolute Gasteiger partial charge is 0.246 e. The van der Waals surface area contributed by atoms with Crippen molar-refractivity contribution in [3.8, 4) is 11.8 Å². The van der Waals surface area contributed by atoms with Gasteiger partial charge in [0.15, 0.2) is 5.75 Å². The summed E-state index contributed by atoms with van der Waals surface area (Å²) < 4.78 is 10.9. The molecule has 0 amide bonds. The van der Waals surface area contributed by atoms with E-state index in [-0.39, 0.29) is 11.5 Å². The van der Waals surface area contributed by atoms with Crippen molar-refractivity contribution in [2.75, 3.05) is 6.61 Å². The third-order valence-corrected chi connectivity index (χ3v) is 2.57. The summed E-state index contributed by atoms with van der Waals surface area (Å²) in [6.45, 7) is 1.95. The standard InChI is InChI=1S/C14H13NO3/c1-10(16)5-4-8-17-14-11-6-2-3-7-12(11)18-13(14)9-15/h2-3,6-7H,4-5,8H2,1H3. The Bertz CT molecular complexity index is 607. The Hall–Kier alpha value is -2.28. The molecular formula is C14H13NO3. The Morgan fingerprint density at radius 2 is 2.22 bits per heavy atom. The van der Waals surface area contributed by atoms with Gasteiger partial charge >= 0.3 is 0 Å². The number of fused-ring (bicyclic) bond motifs is 1. The molecule has 0 saturated heterocycles. The fourth-order valence-corrected chi connectivity index (χ4v) is 1.73. The van der Waals surface area contributed by atoms with Crippen molar-refractivity contribution in [2.24, 2.45) is 0 Å². The fourth-order valence-electron chi connectivity index (χ4n) is 1.73. The summed E-state index contributed by atoms with van der Waals surface area (Å²) in [5.74, 6) is 0.784. The number of ether oxygens (including phenoxy) is 1. The molecule has 0 atom stereocenters. The van der Waals surface area contributed by atoms with E-state index in [1.54, 1.807) is 13.0 Å². The molecule has 0 unspecified atom stereocenters. The van der Waals surface area contributed by atoms with Crippen LogP contribution in [-0.4, -0.2) is 12.4 Å². The normalized spacial score (nSPS) is 10.2. The zero-order valence-electron chi connectivity index (χ0n) is 10.1. The van der Waals surface area contributed by atoms with E-state index in [4.69, 9.17) is 14.4 Å². The third-order valence-electron chi connectivity index (χ3n) is 2.57. The number of carbonyl (C=O) groups excluding carboxylic acids is 1. The molecule has 0 aliphatic carbocycles. The van der Waals surface area contributed by atoms with Crippen LogP contribution in [-0.2, 0) is 4.79 Å². The molecule has 0 bridgehead atoms. The predicted octanol–water partition coefficient (Wildman–Crippen LogP) is 3.05. The zero-order chi connectivity index (χ0) is 13.0. The van der Waals surface area contributed by atoms with Crippen molar-refractivity contribution < 1.29 is 13.9 Å². The quantitative estimate of drug-likeness (QED) is 0.757. The second-order valence-corrected chi connectivity index (χ2v) is 4.02. The van der Waals surface area contributed by atoms with Gasteiger partial charge in [-0.25, -0.2) is 0 Å². The van der Waals surface area contributed by atoms with Crippen LogP contribution >= 0.6 is 0 Å². The van der Waals surface area contributed by atoms with Crippen LogP contribution in [0.5, 0.6) is 5.75 Å². The van der Waals surface area contributed by atoms with Crippen molar-refractivity contribution in [3.05, 3.63) is 30.0 Å². The number of ketones is 1. The van der Waals surface area contributed by atoms with Gasteiger partial charge in [-0.2, -0.15) is 5.26 Å². The minimum Gasteiger partial charge on any atom is -0.488 e. The van der Waals surface area contributed by atoms with E-state index in [2.05, 4.69) is 0 Å². The van der Waals surface area contributed by atoms with E-state index in [1.165, 1.54) is 0 Å². The molecule has 0 radical (unpaired) electrons. The molecule has 1 aromatic carbocycles. The highest BCUT2D eigenvalue weighted by Crippen LogP contribution is 2.32. The average molecular weight is 243 g/mol. The van der Waals surface area contributed by atoms with Gasteiger partial charge in [-0.15, -0.1) is 0 Å². The van der Waals surface area contributed by atoms with Crippen LogP contribution < -0.4 is 4.74 Å². The lowest BCUT2D eigenvalue weighted by atomic mass is 10.2. The molecule has 0 fully saturated rings. The van der Waals surface area contributed by atoms with E-state index < -0.39 is 0 Å². The van der Waals surface area contributed by atoms with E-state index in [0.717, 1.165) is 5.39 Å². The first-order valence-corrected chi connectivity index (χ1v) is 5.76. The number of nitrogens with zero attached hydrogens (tertiary/aromatic N) is 1. The Balaban J connectivity index is 2.16. The van der Waals surface area contributed by atoms with E-state index >= 15 is 0 Å². The molecular weight excluding hydrogens is 230 g/mol. The molecule has 92 valence electrons. The highest BCUT2D eigenvalue weighted by atomic mass is 16.5. The number of furan rings is 1. The van der Waals surface area contributed by atoms with Crippen LogP contribution in [0.1, 0.15) is 25.5 Å². The monoisotopic (exact) mass is 243 g/mol. The molecule has 4 nitrogen and oxygen atoms in total. The number of rotatable bonds is 5. The van der Waals surface area contributed by atoms with Gasteiger partial charge in [0.1, 0.15) is 17.4 Å². The first-order valence-electron chi connectivity index (χ1n) is 5.76. The second kappa shape index (κ2) is 5.37. The second-order valence-electron chi connectivity index (χ2n) is 4.02. The molecule has 2 rings (SSSR count). The lowest BCUT2D eigenvalue weighted by Crippen LogP contribution is -2.00. The number of Topliss-reactive ketones (excluding diaryl/α,β-unsaturated/α-hetero) is 1. The molecule has 18 heavy (non-hydrogen) atoms. The summed E-state index contributed by atoms with van der Waals surface area (Å²) in [7, 11) is 0. The topological polar surface area (TPSA) is 63.2 Å². The van der Waals surface area contributed by atoms with Gasteiger partial charge in [0.25, 0.3) is 0 Å². The molecule has 0 saturated carbocycles. The van der Waals surface area contributed by atoms with Gasteiger partial charge in [0, 0.05) is 6.42 Å². The van der Waals surface area contributed by atoms with E-state index in [1.807, 2.05) is 24.3 Å². The minimum absolute atomic E-state index is 0.135. The molecule has 2 aromatic rings. The zero-order valence-corrected chi connectivity index (χ0v) is 10.1. The van der Waals surface area contributed by atoms with Crippen molar-refractivity contribution >= 4 is 16.8 Å². The van der Waals surface area contributed by atoms with Crippen molar-refractivity contribution in [2.45, 2.75) is 19.8 Å². The van der Waals surface area contributed by atoms with Crippen LogP contribution in [0, 0.1) is 11.3 Å². The number of hydrogen-bond donors (Lipinski definition) is 0. The number of nitriles is 1. The molecule has 0 N–H and O–H groups in total. The average Bonchev–Trinajstić information content (AvgIpc) is 2.72. The summed E-state index contributed by atoms with van der Waals surface area (Å²) in [5, 5.41) is 9.78. The van der Waals surface area contributed by atoms with Crippen LogP contribution in [0.3, 0.4) is 0 Å². The van der Waals surface area contributed by atoms with Crippen molar-refractivity contribution in [3.63, 3.8) is 0 Å². The Morgan fingerprint density at radius 1 is 1.44 bits per heavy atom. The SMILES string of the molecule is CC(=O)CCCOc1c(C#N)oc2ccccc12. The minimum atomic E-state index is 0.135. The maximum atomic E-state index is 10.8. The number of benzene rings is 1. The summed E-state index contributed by atoms with van der Waals surface area (Å²) >= 11 is 0. The number of para-hydroxylation sites is 1. The molecule has 0 aliphatic heterocycles. The highest BCUT2D eigenvalue weighted by Gasteiger charge is 2.14. The first-order chi connectivity index (χ1) is 8.72. The van der Waals surface area contributed by atoms with Gasteiger partial charge in [-0.05, 0) is 25.5 Å². The molecule has 0 spiro atoms. The molecule has 1 aromatic heterocycles. The van der Waals surface area contributed by atoms with Crippen LogP contribution in [0.15, 0.2) is 28.7 Å². The Labute approximate surface area is 105 Å². The van der Waals surface area contributed by atoms with Gasteiger partial charge < -0.3 is 13.9 Å². The largest absolute Gasteiger partial charge is 0.488 e. The molecule has 0 aliphatic rings. The highest BCUT2D eigenvalue weighted by molar-refractivity contribution is 5.86. The Kier molecular flexibility index (Phi) is 3.63. The molecule has 4 heteroatoms. The number of carbonyl (C=O) groups is 1. The summed E-state index contributed by atoms with van der Waals surface area (Å²) in [4.78, 5) is 10.8. The van der Waals surface area contributed by atoms with Gasteiger partial charge in [0.2, 0.25) is 5.76 Å². The predicted molar refractivity (Wildman–Crippen MR) is 66.3 cm³/mol. The lowest BCUT2D eigenvalue weighted by molar-refractivity contribution is -0.117. The van der Waals surface area contributed by atoms with E-state index in [0.29, 0.717) is 30.8 Å². The first kappa shape index (κ1) is 12.2. The van der Waals surface area contributed by atoms with Gasteiger partial charge in [-0.1, -0.05) is 12.1 Å². The van der Waals surface area contributed by atoms with Crippen molar-refractivity contribution in [1.29, 1.82) is 5.26 Å². The lowest BCUT2D eigenvalue weighted by Gasteiger charge is -2.03. The van der Waals surface area contributed by atoms with Gasteiger partial charge in [-0.3, -0.25) is 0 Å². The van der Waals surface area contributed by atoms with E-state index in [9.17, 15) is 4.79 Å². The van der Waals surface area contributed by atoms with Crippen molar-refractivity contribution in [1.82, 2.24) is 0 Å². The maximum Gasteiger partial charge on any atom is 0.246 e. The Morgan fingerprint density at radius 3 is 2.94 bits per heavy atom. The summed E-state index contributed by atoms with van der Waals surface area (Å²) in [6, 6.07) is 9.32. The fraction of sp³-hybridized carbons (Fsp3) is 0.286. The molecule has 1 heterocycles. The third kappa shape index (κ3) is 2.51. The maximum absolute atomic E-state index is 10.8. The number of hydrogen-bond acceptors (Lipinski definition) is 4. The van der Waals surface area contributed by atoms with Gasteiger partial charge in [0.05, 0.1) is 12.0 Å².